The van der Waals surface area contributed by atoms with Gasteiger partial charge in [-0.1, -0.05) is 0 Å². The van der Waals surface area contributed by atoms with Crippen LogP contribution in [-0.4, -0.2) is 30.0 Å². The number of hydrogen-bond acceptors (Lipinski definition) is 7. The van der Waals surface area contributed by atoms with Gasteiger partial charge in [0.2, 0.25) is 6.79 Å². The van der Waals surface area contributed by atoms with Gasteiger partial charge in [-0.05, 0) is 6.42 Å². The predicted molar refractivity (Wildman–Crippen MR) is 64.1 cm³/mol. The molecule has 0 saturated heterocycles. The van der Waals surface area contributed by atoms with Crippen molar-refractivity contribution in [3.05, 3.63) is 21.7 Å². The zero-order valence-corrected chi connectivity index (χ0v) is 9.88. The number of rotatable bonds is 5. The van der Waals surface area contributed by atoms with E-state index in [1.54, 1.807) is 0 Å². The molecule has 1 aromatic rings. The maximum atomic E-state index is 11.0. The van der Waals surface area contributed by atoms with Gasteiger partial charge in [-0.25, -0.2) is 0 Å². The molecule has 0 spiro atoms. The van der Waals surface area contributed by atoms with Crippen LogP contribution in [0.2, 0.25) is 0 Å². The average Bonchev–Trinajstić information content (AvgIpc) is 2.87. The van der Waals surface area contributed by atoms with Crippen LogP contribution in [0.4, 0.5) is 11.4 Å². The van der Waals surface area contributed by atoms with Crippen LogP contribution in [0.1, 0.15) is 12.0 Å². The molecule has 0 amide bonds. The number of nitro benzene ring substituents is 1. The Labute approximate surface area is 108 Å². The molecule has 0 saturated carbocycles. The molecule has 1 aromatic carbocycles. The highest BCUT2D eigenvalue weighted by Gasteiger charge is 2.30. The van der Waals surface area contributed by atoms with Gasteiger partial charge in [0.15, 0.2) is 17.2 Å². The summed E-state index contributed by atoms with van der Waals surface area (Å²) in [5, 5.41) is 31.5. The number of benzene rings is 1. The van der Waals surface area contributed by atoms with E-state index in [4.69, 9.17) is 19.8 Å². The van der Waals surface area contributed by atoms with Crippen LogP contribution in [0.25, 0.3) is 0 Å². The zero-order valence-electron chi connectivity index (χ0n) is 9.88. The van der Waals surface area contributed by atoms with Gasteiger partial charge in [-0.3, -0.25) is 10.1 Å². The topological polar surface area (TPSA) is 118 Å². The lowest BCUT2D eigenvalue weighted by molar-refractivity contribution is -0.384. The van der Waals surface area contributed by atoms with Crippen molar-refractivity contribution in [3.63, 3.8) is 0 Å². The van der Waals surface area contributed by atoms with Crippen LogP contribution in [0.15, 0.2) is 6.07 Å². The Morgan fingerprint density at radius 1 is 1.53 bits per heavy atom. The summed E-state index contributed by atoms with van der Waals surface area (Å²) in [7, 11) is 0. The Kier molecular flexibility index (Phi) is 3.68. The van der Waals surface area contributed by atoms with Crippen molar-refractivity contribution in [2.75, 3.05) is 25.3 Å². The van der Waals surface area contributed by atoms with E-state index in [-0.39, 0.29) is 41.8 Å². The molecule has 0 atom stereocenters. The fourth-order valence-corrected chi connectivity index (χ4v) is 1.75. The van der Waals surface area contributed by atoms with E-state index in [0.29, 0.717) is 13.0 Å². The van der Waals surface area contributed by atoms with Gasteiger partial charge in [0, 0.05) is 19.2 Å². The molecule has 0 unspecified atom stereocenters. The van der Waals surface area contributed by atoms with Crippen molar-refractivity contribution < 1.29 is 19.5 Å². The third-order valence-corrected chi connectivity index (χ3v) is 2.58. The molecule has 19 heavy (non-hydrogen) atoms. The molecule has 1 aliphatic heterocycles. The number of nitrogens with zero attached hydrogens (tertiary/aromatic N) is 2. The minimum atomic E-state index is -0.593. The van der Waals surface area contributed by atoms with E-state index < -0.39 is 4.92 Å². The molecule has 1 aliphatic rings. The summed E-state index contributed by atoms with van der Waals surface area (Å²) >= 11 is 0. The monoisotopic (exact) mass is 265 g/mol. The standard InChI is InChI=1S/C11H11N3O5/c12-5-7-4-8(14(16)17)9(13-2-1-3-15)11-10(7)18-6-19-11/h4,13,15H,1-3,6H2. The van der Waals surface area contributed by atoms with Crippen molar-refractivity contribution in [2.24, 2.45) is 0 Å². The number of hydrogen-bond donors (Lipinski definition) is 2. The molecule has 2 rings (SSSR count). The molecule has 0 aliphatic carbocycles. The van der Waals surface area contributed by atoms with Crippen LogP contribution in [-0.2, 0) is 0 Å². The number of nitrogens with one attached hydrogen (secondary N) is 1. The highest BCUT2D eigenvalue weighted by molar-refractivity contribution is 5.78. The maximum Gasteiger partial charge on any atom is 0.297 e. The Balaban J connectivity index is 2.47. The lowest BCUT2D eigenvalue weighted by Gasteiger charge is -2.09. The summed E-state index contributed by atoms with van der Waals surface area (Å²) in [6.07, 6.45) is 0.437. The van der Waals surface area contributed by atoms with E-state index in [1.807, 2.05) is 6.07 Å². The molecule has 0 radical (unpaired) electrons. The molecule has 1 heterocycles. The van der Waals surface area contributed by atoms with Crippen LogP contribution in [0.5, 0.6) is 11.5 Å². The first-order chi connectivity index (χ1) is 9.19. The van der Waals surface area contributed by atoms with Crippen LogP contribution >= 0.6 is 0 Å². The van der Waals surface area contributed by atoms with E-state index in [1.165, 1.54) is 0 Å². The molecule has 0 fully saturated rings. The number of anilines is 1. The minimum Gasteiger partial charge on any atom is -0.452 e. The Hall–Kier alpha value is -2.53. The second-order valence-corrected chi connectivity index (χ2v) is 3.76. The molecule has 2 N–H and O–H groups in total. The van der Waals surface area contributed by atoms with Crippen molar-refractivity contribution in [1.29, 1.82) is 5.26 Å². The normalized spacial score (nSPS) is 12.0. The Morgan fingerprint density at radius 3 is 2.89 bits per heavy atom. The lowest BCUT2D eigenvalue weighted by Crippen LogP contribution is -2.07. The summed E-state index contributed by atoms with van der Waals surface area (Å²) in [6.45, 7) is 0.232. The van der Waals surface area contributed by atoms with E-state index in [0.717, 1.165) is 6.07 Å². The minimum absolute atomic E-state index is 0.0311. The maximum absolute atomic E-state index is 11.0. The number of aliphatic hydroxyl groups is 1. The highest BCUT2D eigenvalue weighted by Crippen LogP contribution is 2.47. The molecule has 8 nitrogen and oxygen atoms in total. The van der Waals surface area contributed by atoms with Crippen LogP contribution in [0.3, 0.4) is 0 Å². The summed E-state index contributed by atoms with van der Waals surface area (Å²) in [5.74, 6) is 0.378. The first kappa shape index (κ1) is 12.9. The van der Waals surface area contributed by atoms with Gasteiger partial charge in [-0.15, -0.1) is 0 Å². The second kappa shape index (κ2) is 5.41. The van der Waals surface area contributed by atoms with Crippen LogP contribution in [0, 0.1) is 21.4 Å². The Bertz CT molecular complexity index is 552. The van der Waals surface area contributed by atoms with Gasteiger partial charge in [0.25, 0.3) is 5.69 Å². The van der Waals surface area contributed by atoms with Crippen molar-refractivity contribution in [1.82, 2.24) is 0 Å². The molecule has 0 aromatic heterocycles. The van der Waals surface area contributed by atoms with Gasteiger partial charge in [-0.2, -0.15) is 5.26 Å². The quantitative estimate of drug-likeness (QED) is 0.463. The fourth-order valence-electron chi connectivity index (χ4n) is 1.75. The second-order valence-electron chi connectivity index (χ2n) is 3.76. The molecule has 0 bridgehead atoms. The van der Waals surface area contributed by atoms with Gasteiger partial charge >= 0.3 is 0 Å². The number of nitriles is 1. The fraction of sp³-hybridized carbons (Fsp3) is 0.364. The number of aliphatic hydroxyl groups excluding tert-OH is 1. The average molecular weight is 265 g/mol. The van der Waals surface area contributed by atoms with Crippen molar-refractivity contribution in [3.8, 4) is 17.6 Å². The molecule has 8 heteroatoms. The zero-order chi connectivity index (χ0) is 13.8. The van der Waals surface area contributed by atoms with E-state index >= 15 is 0 Å². The number of fused-ring (bicyclic) bond motifs is 1. The summed E-state index contributed by atoms with van der Waals surface area (Å²) in [4.78, 5) is 10.4. The molecule has 100 valence electrons. The number of nitro groups is 1. The first-order valence-corrected chi connectivity index (χ1v) is 5.55. The Morgan fingerprint density at radius 2 is 2.26 bits per heavy atom. The summed E-state index contributed by atoms with van der Waals surface area (Å²) < 4.78 is 10.3. The van der Waals surface area contributed by atoms with Crippen LogP contribution < -0.4 is 14.8 Å². The highest BCUT2D eigenvalue weighted by atomic mass is 16.7. The van der Waals surface area contributed by atoms with Gasteiger partial charge < -0.3 is 19.9 Å². The van der Waals surface area contributed by atoms with E-state index in [9.17, 15) is 10.1 Å². The third-order valence-electron chi connectivity index (χ3n) is 2.58. The largest absolute Gasteiger partial charge is 0.452 e. The lowest BCUT2D eigenvalue weighted by atomic mass is 10.1. The van der Waals surface area contributed by atoms with Crippen molar-refractivity contribution in [2.45, 2.75) is 6.42 Å². The predicted octanol–water partition coefficient (Wildman–Crippen LogP) is 0.989. The number of ether oxygens (including phenoxy) is 2. The first-order valence-electron chi connectivity index (χ1n) is 5.55. The summed E-state index contributed by atoms with van der Waals surface area (Å²) in [6, 6.07) is 2.99. The summed E-state index contributed by atoms with van der Waals surface area (Å²) in [5.41, 5.74) is -0.0180. The van der Waals surface area contributed by atoms with E-state index in [2.05, 4.69) is 5.32 Å². The molecular weight excluding hydrogens is 254 g/mol. The third kappa shape index (κ3) is 2.36. The van der Waals surface area contributed by atoms with Crippen molar-refractivity contribution >= 4 is 11.4 Å². The van der Waals surface area contributed by atoms with Gasteiger partial charge in [0.05, 0.1) is 4.92 Å². The molecular formula is C11H11N3O5. The SMILES string of the molecule is N#Cc1cc([N+](=O)[O-])c(NCCCO)c2c1OCO2. The smallest absolute Gasteiger partial charge is 0.297 e. The van der Waals surface area contributed by atoms with Gasteiger partial charge in [0.1, 0.15) is 11.6 Å².